The van der Waals surface area contributed by atoms with Crippen LogP contribution in [-0.2, 0) is 4.79 Å². The number of nitrogens with zero attached hydrogens (tertiary/aromatic N) is 4. The van der Waals surface area contributed by atoms with E-state index in [4.69, 9.17) is 11.6 Å². The Morgan fingerprint density at radius 3 is 2.77 bits per heavy atom. The molecule has 0 spiro atoms. The number of thiol groups is 1. The van der Waals surface area contributed by atoms with Crippen LogP contribution < -0.4 is 10.6 Å². The number of hydrogen-bond acceptors (Lipinski definition) is 8. The molecule has 1 amide bonds. The van der Waals surface area contributed by atoms with Crippen LogP contribution in [0.15, 0.2) is 47.6 Å². The highest BCUT2D eigenvalue weighted by molar-refractivity contribution is 7.80. The van der Waals surface area contributed by atoms with Gasteiger partial charge in [-0.2, -0.15) is 0 Å². The van der Waals surface area contributed by atoms with E-state index in [2.05, 4.69) is 38.4 Å². The standard InChI is InChI=1S/C26H26ClF3N6O2S/c27-16-1-2-20(28)19(9-16)21-11-22(25(39)35-34-21)32-17-3-5-31-23(10-17)33-24(38)14-7-18(8-14)36-6-4-26(29,30)15(12-36)13-37/h1-3,5,9-11,14-15,18,37H,4,6-8,12-13H2,(H,35,39)(H2,31,32,33,34,38). The van der Waals surface area contributed by atoms with Crippen LogP contribution in [0.25, 0.3) is 11.3 Å². The molecule has 1 unspecified atom stereocenters. The van der Waals surface area contributed by atoms with Crippen LogP contribution in [0.2, 0.25) is 5.02 Å². The van der Waals surface area contributed by atoms with Gasteiger partial charge in [0.2, 0.25) is 5.91 Å². The maximum absolute atomic E-state index is 14.3. The second-order valence-electron chi connectivity index (χ2n) is 9.84. The summed E-state index contributed by atoms with van der Waals surface area (Å²) in [5.74, 6) is -4.56. The predicted octanol–water partition coefficient (Wildman–Crippen LogP) is 5.03. The molecule has 3 aromatic rings. The fraction of sp³-hybridized carbons (Fsp3) is 0.385. The first-order chi connectivity index (χ1) is 18.6. The Morgan fingerprint density at radius 2 is 2.00 bits per heavy atom. The minimum atomic E-state index is -2.86. The molecule has 206 valence electrons. The summed E-state index contributed by atoms with van der Waals surface area (Å²) in [5.41, 5.74) is 1.50. The van der Waals surface area contributed by atoms with E-state index in [9.17, 15) is 23.1 Å². The lowest BCUT2D eigenvalue weighted by Crippen LogP contribution is -2.56. The highest BCUT2D eigenvalue weighted by Gasteiger charge is 2.47. The van der Waals surface area contributed by atoms with Crippen molar-refractivity contribution in [3.63, 3.8) is 0 Å². The summed E-state index contributed by atoms with van der Waals surface area (Å²) in [4.78, 5) is 19.0. The van der Waals surface area contributed by atoms with Crippen LogP contribution in [0, 0.1) is 17.7 Å². The summed E-state index contributed by atoms with van der Waals surface area (Å²) in [6, 6.07) is 9.11. The molecule has 1 saturated heterocycles. The molecule has 1 saturated carbocycles. The molecule has 1 aliphatic carbocycles. The van der Waals surface area contributed by atoms with Crippen LogP contribution in [0.1, 0.15) is 19.3 Å². The van der Waals surface area contributed by atoms with Crippen molar-refractivity contribution in [3.8, 4) is 11.3 Å². The number of aliphatic hydroxyl groups is 1. The van der Waals surface area contributed by atoms with Gasteiger partial charge in [-0.3, -0.25) is 9.69 Å². The first-order valence-electron chi connectivity index (χ1n) is 12.4. The van der Waals surface area contributed by atoms with E-state index < -0.39 is 24.3 Å². The van der Waals surface area contributed by atoms with Gasteiger partial charge in [0, 0.05) is 60.0 Å². The van der Waals surface area contributed by atoms with Crippen molar-refractivity contribution in [1.29, 1.82) is 0 Å². The zero-order valence-corrected chi connectivity index (χ0v) is 22.3. The molecule has 1 aliphatic heterocycles. The molecule has 0 radical (unpaired) electrons. The Balaban J connectivity index is 1.20. The van der Waals surface area contributed by atoms with E-state index in [0.717, 1.165) is 0 Å². The number of likely N-dealkylation sites (tertiary alicyclic amines) is 1. The monoisotopic (exact) mass is 578 g/mol. The molecule has 1 aromatic carbocycles. The fourth-order valence-electron chi connectivity index (χ4n) is 4.89. The van der Waals surface area contributed by atoms with E-state index in [1.165, 1.54) is 24.4 Å². The second kappa shape index (κ2) is 11.3. The van der Waals surface area contributed by atoms with Gasteiger partial charge in [0.1, 0.15) is 16.7 Å². The van der Waals surface area contributed by atoms with E-state index >= 15 is 0 Å². The topological polar surface area (TPSA) is 103 Å². The highest BCUT2D eigenvalue weighted by Crippen LogP contribution is 2.39. The van der Waals surface area contributed by atoms with Gasteiger partial charge in [0.15, 0.2) is 0 Å². The number of aromatic nitrogens is 3. The van der Waals surface area contributed by atoms with Crippen LogP contribution in [-0.4, -0.2) is 62.8 Å². The largest absolute Gasteiger partial charge is 0.396 e. The number of halogens is 4. The van der Waals surface area contributed by atoms with Gasteiger partial charge in [-0.25, -0.2) is 18.2 Å². The Bertz CT molecular complexity index is 1380. The second-order valence-corrected chi connectivity index (χ2v) is 10.7. The number of anilines is 3. The minimum Gasteiger partial charge on any atom is -0.396 e. The number of nitrogens with one attached hydrogen (secondary N) is 2. The van der Waals surface area contributed by atoms with Crippen molar-refractivity contribution < 1.29 is 23.1 Å². The third-order valence-corrected chi connectivity index (χ3v) is 7.84. The van der Waals surface area contributed by atoms with Crippen molar-refractivity contribution in [1.82, 2.24) is 20.1 Å². The SMILES string of the molecule is O=C(Nc1cc(Nc2cc(-c3cc(Cl)ccc3F)nnc2S)ccn1)C1CC(N2CCC(F)(F)C(CO)C2)C1. The summed E-state index contributed by atoms with van der Waals surface area (Å²) in [7, 11) is 0. The van der Waals surface area contributed by atoms with Gasteiger partial charge in [-0.05, 0) is 43.2 Å². The number of carbonyl (C=O) groups excluding carboxylic acids is 1. The van der Waals surface area contributed by atoms with Crippen LogP contribution >= 0.6 is 24.2 Å². The van der Waals surface area contributed by atoms with Crippen LogP contribution in [0.3, 0.4) is 0 Å². The number of hydrogen-bond donors (Lipinski definition) is 4. The molecule has 2 aliphatic rings. The number of alkyl halides is 2. The molecule has 3 heterocycles. The predicted molar refractivity (Wildman–Crippen MR) is 144 cm³/mol. The first-order valence-corrected chi connectivity index (χ1v) is 13.2. The van der Waals surface area contributed by atoms with E-state index in [-0.39, 0.29) is 53.7 Å². The van der Waals surface area contributed by atoms with Gasteiger partial charge in [-0.1, -0.05) is 11.6 Å². The van der Waals surface area contributed by atoms with E-state index in [1.54, 1.807) is 18.2 Å². The van der Waals surface area contributed by atoms with Gasteiger partial charge in [0.25, 0.3) is 5.92 Å². The smallest absolute Gasteiger partial charge is 0.255 e. The lowest BCUT2D eigenvalue weighted by Gasteiger charge is -2.47. The van der Waals surface area contributed by atoms with Gasteiger partial charge in [0.05, 0.1) is 23.9 Å². The average molecular weight is 579 g/mol. The number of carbonyl (C=O) groups is 1. The van der Waals surface area contributed by atoms with Crippen molar-refractivity contribution >= 4 is 47.3 Å². The zero-order chi connectivity index (χ0) is 27.7. The third-order valence-electron chi connectivity index (χ3n) is 7.27. The lowest BCUT2D eigenvalue weighted by molar-refractivity contribution is -0.140. The summed E-state index contributed by atoms with van der Waals surface area (Å²) in [6.07, 6.45) is 2.35. The van der Waals surface area contributed by atoms with Crippen molar-refractivity contribution in [2.75, 3.05) is 30.3 Å². The molecule has 0 bridgehead atoms. The molecular weight excluding hydrogens is 553 g/mol. The number of amides is 1. The van der Waals surface area contributed by atoms with Gasteiger partial charge >= 0.3 is 0 Å². The molecule has 13 heteroatoms. The third kappa shape index (κ3) is 6.13. The Kier molecular flexibility index (Phi) is 7.99. The van der Waals surface area contributed by atoms with Crippen molar-refractivity contribution in [3.05, 3.63) is 53.4 Å². The number of pyridine rings is 1. The molecule has 2 aromatic heterocycles. The Labute approximate surface area is 233 Å². The lowest BCUT2D eigenvalue weighted by atomic mass is 9.77. The molecule has 8 nitrogen and oxygen atoms in total. The van der Waals surface area contributed by atoms with Crippen molar-refractivity contribution in [2.24, 2.45) is 11.8 Å². The van der Waals surface area contributed by atoms with E-state index in [0.29, 0.717) is 35.1 Å². The molecule has 2 fully saturated rings. The zero-order valence-electron chi connectivity index (χ0n) is 20.6. The van der Waals surface area contributed by atoms with Crippen molar-refractivity contribution in [2.45, 2.75) is 36.3 Å². The number of aliphatic hydroxyl groups excluding tert-OH is 1. The number of piperidine rings is 1. The highest BCUT2D eigenvalue weighted by atomic mass is 35.5. The van der Waals surface area contributed by atoms with Crippen LogP contribution in [0.4, 0.5) is 30.4 Å². The maximum atomic E-state index is 14.3. The van der Waals surface area contributed by atoms with Crippen LogP contribution in [0.5, 0.6) is 0 Å². The minimum absolute atomic E-state index is 0.0402. The summed E-state index contributed by atoms with van der Waals surface area (Å²) < 4.78 is 42.1. The normalized spacial score (nSPS) is 22.7. The summed E-state index contributed by atoms with van der Waals surface area (Å²) in [5, 5.41) is 23.9. The maximum Gasteiger partial charge on any atom is 0.255 e. The van der Waals surface area contributed by atoms with Gasteiger partial charge in [-0.15, -0.1) is 22.8 Å². The number of benzene rings is 1. The summed E-state index contributed by atoms with van der Waals surface area (Å²) in [6.45, 7) is -0.180. The Hall–Kier alpha value is -2.93. The summed E-state index contributed by atoms with van der Waals surface area (Å²) >= 11 is 10.3. The first kappa shape index (κ1) is 27.6. The molecule has 39 heavy (non-hydrogen) atoms. The van der Waals surface area contributed by atoms with E-state index in [1.807, 2.05) is 4.90 Å². The Morgan fingerprint density at radius 1 is 1.21 bits per heavy atom. The molecule has 1 atom stereocenters. The number of rotatable bonds is 7. The quantitative estimate of drug-likeness (QED) is 0.292. The van der Waals surface area contributed by atoms with Gasteiger partial charge < -0.3 is 15.7 Å². The molecule has 3 N–H and O–H groups in total. The molecular formula is C26H26ClF3N6O2S. The fourth-order valence-corrected chi connectivity index (χ4v) is 5.23. The average Bonchev–Trinajstić information content (AvgIpc) is 2.87. The molecule has 5 rings (SSSR count).